The Balaban J connectivity index is 1.52. The molecule has 2 aromatic rings. The largest absolute Gasteiger partial charge is 0.497 e. The molecule has 168 valence electrons. The highest BCUT2D eigenvalue weighted by atomic mass is 16.5. The molecule has 0 spiro atoms. The van der Waals surface area contributed by atoms with Crippen molar-refractivity contribution >= 4 is 6.03 Å². The third-order valence-electron chi connectivity index (χ3n) is 5.99. The summed E-state index contributed by atoms with van der Waals surface area (Å²) in [6.07, 6.45) is 1.11. The van der Waals surface area contributed by atoms with Crippen molar-refractivity contribution in [2.45, 2.75) is 32.0 Å². The van der Waals surface area contributed by atoms with E-state index in [2.05, 4.69) is 57.7 Å². The number of methoxy groups -OCH3 is 1. The predicted octanol–water partition coefficient (Wildman–Crippen LogP) is 3.51. The summed E-state index contributed by atoms with van der Waals surface area (Å²) in [5.74, 6) is 1.27. The van der Waals surface area contributed by atoms with E-state index in [0.717, 1.165) is 43.9 Å². The molecule has 3 unspecified atom stereocenters. The summed E-state index contributed by atoms with van der Waals surface area (Å²) in [6.45, 7) is 5.89. The van der Waals surface area contributed by atoms with E-state index < -0.39 is 0 Å². The van der Waals surface area contributed by atoms with Crippen molar-refractivity contribution in [2.75, 3.05) is 40.8 Å². The summed E-state index contributed by atoms with van der Waals surface area (Å²) in [7, 11) is 5.68. The molecule has 3 atom stereocenters. The molecule has 1 fully saturated rings. The zero-order valence-corrected chi connectivity index (χ0v) is 19.2. The molecular formula is C25H36N4O2. The average molecular weight is 425 g/mol. The van der Waals surface area contributed by atoms with Crippen LogP contribution in [0, 0.1) is 5.92 Å². The van der Waals surface area contributed by atoms with Crippen molar-refractivity contribution in [3.05, 3.63) is 65.7 Å². The van der Waals surface area contributed by atoms with Crippen molar-refractivity contribution in [1.82, 2.24) is 20.4 Å². The number of likely N-dealkylation sites (N-methyl/N-ethyl adjacent to an activating group) is 1. The Morgan fingerprint density at radius 2 is 1.84 bits per heavy atom. The monoisotopic (exact) mass is 424 g/mol. The van der Waals surface area contributed by atoms with Crippen LogP contribution in [0.2, 0.25) is 0 Å². The highest BCUT2D eigenvalue weighted by molar-refractivity contribution is 5.74. The number of hydrogen-bond donors (Lipinski definition) is 2. The first kappa shape index (κ1) is 23.1. The van der Waals surface area contributed by atoms with Crippen LogP contribution in [-0.2, 0) is 6.54 Å². The number of ether oxygens (including phenoxy) is 1. The first-order chi connectivity index (χ1) is 14.9. The highest BCUT2D eigenvalue weighted by Crippen LogP contribution is 2.22. The van der Waals surface area contributed by atoms with Gasteiger partial charge in [0.25, 0.3) is 0 Å². The van der Waals surface area contributed by atoms with Gasteiger partial charge >= 0.3 is 6.03 Å². The molecule has 0 bridgehead atoms. The second kappa shape index (κ2) is 11.2. The summed E-state index contributed by atoms with van der Waals surface area (Å²) >= 11 is 0. The van der Waals surface area contributed by atoms with Gasteiger partial charge in [-0.05, 0) is 63.2 Å². The van der Waals surface area contributed by atoms with E-state index in [0.29, 0.717) is 5.92 Å². The van der Waals surface area contributed by atoms with Crippen molar-refractivity contribution in [3.63, 3.8) is 0 Å². The zero-order chi connectivity index (χ0) is 22.2. The van der Waals surface area contributed by atoms with Gasteiger partial charge in [0.2, 0.25) is 0 Å². The number of benzene rings is 2. The Bertz CT molecular complexity index is 810. The van der Waals surface area contributed by atoms with Crippen LogP contribution < -0.4 is 15.4 Å². The topological polar surface area (TPSA) is 56.8 Å². The minimum Gasteiger partial charge on any atom is -0.497 e. The van der Waals surface area contributed by atoms with Gasteiger partial charge in [-0.15, -0.1) is 0 Å². The molecule has 0 aliphatic carbocycles. The van der Waals surface area contributed by atoms with Crippen LogP contribution in [0.1, 0.15) is 30.5 Å². The molecule has 1 aliphatic heterocycles. The zero-order valence-electron chi connectivity index (χ0n) is 19.2. The molecule has 6 heteroatoms. The minimum atomic E-state index is -0.114. The van der Waals surface area contributed by atoms with Crippen LogP contribution in [-0.4, -0.2) is 62.7 Å². The van der Waals surface area contributed by atoms with E-state index in [1.54, 1.807) is 7.11 Å². The van der Waals surface area contributed by atoms with Crippen LogP contribution in [0.4, 0.5) is 4.79 Å². The number of rotatable bonds is 9. The summed E-state index contributed by atoms with van der Waals surface area (Å²) < 4.78 is 5.25. The minimum absolute atomic E-state index is 0.0914. The Morgan fingerprint density at radius 3 is 2.48 bits per heavy atom. The fourth-order valence-electron chi connectivity index (χ4n) is 4.22. The van der Waals surface area contributed by atoms with Crippen molar-refractivity contribution < 1.29 is 9.53 Å². The highest BCUT2D eigenvalue weighted by Gasteiger charge is 2.28. The summed E-state index contributed by atoms with van der Waals surface area (Å²) in [5, 5.41) is 6.34. The van der Waals surface area contributed by atoms with Gasteiger partial charge in [0.05, 0.1) is 13.2 Å². The van der Waals surface area contributed by atoms with Crippen molar-refractivity contribution in [3.8, 4) is 5.75 Å². The maximum atomic E-state index is 12.8. The third kappa shape index (κ3) is 6.97. The molecule has 0 saturated carbocycles. The molecule has 1 heterocycles. The second-order valence-electron chi connectivity index (χ2n) is 8.76. The molecule has 6 nitrogen and oxygen atoms in total. The van der Waals surface area contributed by atoms with E-state index in [-0.39, 0.29) is 18.1 Å². The summed E-state index contributed by atoms with van der Waals surface area (Å²) in [6, 6.07) is 18.4. The Labute approximate surface area is 186 Å². The van der Waals surface area contributed by atoms with E-state index in [4.69, 9.17) is 4.74 Å². The summed E-state index contributed by atoms with van der Waals surface area (Å²) in [4.78, 5) is 17.3. The van der Waals surface area contributed by atoms with Gasteiger partial charge < -0.3 is 20.3 Å². The molecule has 1 aliphatic rings. The average Bonchev–Trinajstić information content (AvgIpc) is 3.22. The molecule has 2 amide bonds. The van der Waals surface area contributed by atoms with E-state index in [1.165, 1.54) is 5.56 Å². The van der Waals surface area contributed by atoms with Crippen molar-refractivity contribution in [1.29, 1.82) is 0 Å². The van der Waals surface area contributed by atoms with Crippen LogP contribution in [0.15, 0.2) is 54.6 Å². The van der Waals surface area contributed by atoms with Gasteiger partial charge in [0.1, 0.15) is 5.75 Å². The maximum absolute atomic E-state index is 12.8. The normalized spacial score (nSPS) is 18.5. The van der Waals surface area contributed by atoms with Gasteiger partial charge in [-0.1, -0.05) is 42.5 Å². The van der Waals surface area contributed by atoms with Gasteiger partial charge in [-0.25, -0.2) is 4.79 Å². The number of likely N-dealkylation sites (tertiary alicyclic amines) is 1. The lowest BCUT2D eigenvalue weighted by Gasteiger charge is -2.26. The van der Waals surface area contributed by atoms with Crippen LogP contribution in [0.5, 0.6) is 5.75 Å². The number of nitrogens with one attached hydrogen (secondary N) is 2. The SMILES string of the molecule is COc1ccc(C(CN(C)C)NC(=O)NC(C)C2CCN(Cc3ccccc3)C2)cc1. The lowest BCUT2D eigenvalue weighted by molar-refractivity contribution is 0.224. The van der Waals surface area contributed by atoms with Gasteiger partial charge in [0.15, 0.2) is 0 Å². The third-order valence-corrected chi connectivity index (χ3v) is 5.99. The Morgan fingerprint density at radius 1 is 1.13 bits per heavy atom. The molecular weight excluding hydrogens is 388 g/mol. The first-order valence-corrected chi connectivity index (χ1v) is 11.1. The molecule has 2 N–H and O–H groups in total. The lowest BCUT2D eigenvalue weighted by atomic mass is 10.0. The van der Waals surface area contributed by atoms with Crippen LogP contribution in [0.25, 0.3) is 0 Å². The lowest BCUT2D eigenvalue weighted by Crippen LogP contribution is -2.47. The van der Waals surface area contributed by atoms with E-state index in [9.17, 15) is 4.79 Å². The molecule has 3 rings (SSSR count). The van der Waals surface area contributed by atoms with Crippen LogP contribution in [0.3, 0.4) is 0 Å². The molecule has 0 aromatic heterocycles. The van der Waals surface area contributed by atoms with Gasteiger partial charge in [-0.2, -0.15) is 0 Å². The number of carbonyl (C=O) groups is 1. The van der Waals surface area contributed by atoms with E-state index in [1.807, 2.05) is 38.4 Å². The predicted molar refractivity (Wildman–Crippen MR) is 125 cm³/mol. The molecule has 1 saturated heterocycles. The Kier molecular flexibility index (Phi) is 8.32. The first-order valence-electron chi connectivity index (χ1n) is 11.1. The second-order valence-corrected chi connectivity index (χ2v) is 8.76. The van der Waals surface area contributed by atoms with Gasteiger partial charge in [-0.3, -0.25) is 4.90 Å². The number of hydrogen-bond acceptors (Lipinski definition) is 4. The standard InChI is InChI=1S/C25H36N4O2/c1-19(22-14-15-29(17-22)16-20-8-6-5-7-9-20)26-25(30)27-24(18-28(2)3)21-10-12-23(31-4)13-11-21/h5-13,19,22,24H,14-18H2,1-4H3,(H2,26,27,30). The van der Waals surface area contributed by atoms with Gasteiger partial charge in [0, 0.05) is 25.7 Å². The fraction of sp³-hybridized carbons (Fsp3) is 0.480. The maximum Gasteiger partial charge on any atom is 0.315 e. The number of urea groups is 1. The van der Waals surface area contributed by atoms with Crippen LogP contribution >= 0.6 is 0 Å². The quantitative estimate of drug-likeness (QED) is 0.647. The number of nitrogens with zero attached hydrogens (tertiary/aromatic N) is 2. The smallest absolute Gasteiger partial charge is 0.315 e. The summed E-state index contributed by atoms with van der Waals surface area (Å²) in [5.41, 5.74) is 2.40. The molecule has 0 radical (unpaired) electrons. The number of amides is 2. The Hall–Kier alpha value is -2.57. The number of carbonyl (C=O) groups excluding carboxylic acids is 1. The van der Waals surface area contributed by atoms with Crippen molar-refractivity contribution in [2.24, 2.45) is 5.92 Å². The van der Waals surface area contributed by atoms with E-state index >= 15 is 0 Å². The fourth-order valence-corrected chi connectivity index (χ4v) is 4.22. The molecule has 31 heavy (non-hydrogen) atoms. The molecule has 2 aromatic carbocycles.